The van der Waals surface area contributed by atoms with Crippen molar-refractivity contribution < 1.29 is 19.2 Å². The van der Waals surface area contributed by atoms with Gasteiger partial charge in [0.15, 0.2) is 6.54 Å². The number of carbonyl (C=O) groups is 2. The molecule has 154 valence electrons. The standard InChI is InChI=1S/C23H29N3O3/c1-4-18-7-5-6-8-20(18)24-22(27)16-25-11-13-26(14-12-25)23(28)19-10-9-17(2)21(15-19)29-3/h5-10,15H,4,11-14,16H2,1-3H3,(H,24,27)/p+1. The third-order valence-electron chi connectivity index (χ3n) is 5.50. The molecule has 0 aromatic heterocycles. The van der Waals surface area contributed by atoms with Crippen molar-refractivity contribution in [3.63, 3.8) is 0 Å². The van der Waals surface area contributed by atoms with Crippen molar-refractivity contribution >= 4 is 17.5 Å². The number of quaternary nitrogens is 1. The first-order valence-corrected chi connectivity index (χ1v) is 10.2. The second kappa shape index (κ2) is 9.56. The smallest absolute Gasteiger partial charge is 0.279 e. The molecule has 2 N–H and O–H groups in total. The average molecular weight is 397 g/mol. The Hall–Kier alpha value is -2.86. The first kappa shape index (κ1) is 20.9. The molecule has 6 heteroatoms. The van der Waals surface area contributed by atoms with E-state index < -0.39 is 0 Å². The lowest BCUT2D eigenvalue weighted by atomic mass is 10.1. The molecule has 2 amide bonds. The second-order valence-corrected chi connectivity index (χ2v) is 7.46. The SMILES string of the molecule is CCc1ccccc1NC(=O)C[NH+]1CCN(C(=O)c2ccc(C)c(OC)c2)CC1. The van der Waals surface area contributed by atoms with E-state index in [2.05, 4.69) is 12.2 Å². The summed E-state index contributed by atoms with van der Waals surface area (Å²) in [6.07, 6.45) is 0.883. The summed E-state index contributed by atoms with van der Waals surface area (Å²) < 4.78 is 5.33. The number of ether oxygens (including phenoxy) is 1. The Morgan fingerprint density at radius 3 is 2.55 bits per heavy atom. The van der Waals surface area contributed by atoms with Crippen LogP contribution in [0, 0.1) is 6.92 Å². The third-order valence-corrected chi connectivity index (χ3v) is 5.50. The fourth-order valence-electron chi connectivity index (χ4n) is 3.71. The van der Waals surface area contributed by atoms with Crippen molar-refractivity contribution in [1.82, 2.24) is 4.90 Å². The molecule has 1 heterocycles. The lowest BCUT2D eigenvalue weighted by molar-refractivity contribution is -0.895. The molecule has 0 saturated carbocycles. The molecule has 0 spiro atoms. The van der Waals surface area contributed by atoms with Crippen LogP contribution in [0.15, 0.2) is 42.5 Å². The van der Waals surface area contributed by atoms with Gasteiger partial charge in [-0.1, -0.05) is 31.2 Å². The second-order valence-electron chi connectivity index (χ2n) is 7.46. The van der Waals surface area contributed by atoms with Crippen LogP contribution in [0.1, 0.15) is 28.4 Å². The predicted octanol–water partition coefficient (Wildman–Crippen LogP) is 1.55. The van der Waals surface area contributed by atoms with Gasteiger partial charge in [0.1, 0.15) is 5.75 Å². The van der Waals surface area contributed by atoms with E-state index in [1.54, 1.807) is 13.2 Å². The molecule has 1 fully saturated rings. The van der Waals surface area contributed by atoms with Gasteiger partial charge < -0.3 is 19.9 Å². The third kappa shape index (κ3) is 5.15. The highest BCUT2D eigenvalue weighted by Crippen LogP contribution is 2.20. The Kier molecular flexibility index (Phi) is 6.88. The van der Waals surface area contributed by atoms with Crippen molar-refractivity contribution in [3.8, 4) is 5.75 Å². The summed E-state index contributed by atoms with van der Waals surface area (Å²) in [6, 6.07) is 13.5. The molecule has 29 heavy (non-hydrogen) atoms. The number of nitrogens with zero attached hydrogens (tertiary/aromatic N) is 1. The quantitative estimate of drug-likeness (QED) is 0.779. The summed E-state index contributed by atoms with van der Waals surface area (Å²) in [5.41, 5.74) is 3.68. The van der Waals surface area contributed by atoms with Crippen LogP contribution in [0.4, 0.5) is 5.69 Å². The molecular weight excluding hydrogens is 366 g/mol. The van der Waals surface area contributed by atoms with E-state index >= 15 is 0 Å². The Morgan fingerprint density at radius 1 is 1.14 bits per heavy atom. The molecule has 1 saturated heterocycles. The topological polar surface area (TPSA) is 63.1 Å². The number of benzene rings is 2. The number of anilines is 1. The first-order valence-electron chi connectivity index (χ1n) is 10.2. The van der Waals surface area contributed by atoms with Crippen LogP contribution >= 0.6 is 0 Å². The van der Waals surface area contributed by atoms with Gasteiger partial charge in [0.2, 0.25) is 0 Å². The van der Waals surface area contributed by atoms with E-state index in [0.29, 0.717) is 25.2 Å². The van der Waals surface area contributed by atoms with E-state index in [-0.39, 0.29) is 11.8 Å². The van der Waals surface area contributed by atoms with E-state index in [0.717, 1.165) is 42.1 Å². The molecule has 3 rings (SSSR count). The van der Waals surface area contributed by atoms with Crippen LogP contribution in [-0.2, 0) is 11.2 Å². The van der Waals surface area contributed by atoms with Gasteiger partial charge in [0.05, 0.1) is 33.3 Å². The molecule has 0 aliphatic carbocycles. The van der Waals surface area contributed by atoms with Gasteiger partial charge in [0.25, 0.3) is 11.8 Å². The summed E-state index contributed by atoms with van der Waals surface area (Å²) in [5, 5.41) is 3.03. The first-order chi connectivity index (χ1) is 14.0. The van der Waals surface area contributed by atoms with Gasteiger partial charge in [-0.3, -0.25) is 9.59 Å². The Labute approximate surface area is 172 Å². The number of hydrogen-bond donors (Lipinski definition) is 2. The molecule has 1 aliphatic rings. The maximum atomic E-state index is 12.8. The highest BCUT2D eigenvalue weighted by molar-refractivity contribution is 5.95. The number of hydrogen-bond acceptors (Lipinski definition) is 3. The van der Waals surface area contributed by atoms with Crippen LogP contribution in [0.3, 0.4) is 0 Å². The maximum Gasteiger partial charge on any atom is 0.279 e. The summed E-state index contributed by atoms with van der Waals surface area (Å²) in [7, 11) is 1.61. The molecule has 0 atom stereocenters. The fourth-order valence-corrected chi connectivity index (χ4v) is 3.71. The summed E-state index contributed by atoms with van der Waals surface area (Å²) in [5.74, 6) is 0.761. The average Bonchev–Trinajstić information content (AvgIpc) is 2.74. The van der Waals surface area contributed by atoms with Crippen LogP contribution in [0.25, 0.3) is 0 Å². The summed E-state index contributed by atoms with van der Waals surface area (Å²) >= 11 is 0. The van der Waals surface area contributed by atoms with Crippen LogP contribution in [-0.4, -0.2) is 56.5 Å². The lowest BCUT2D eigenvalue weighted by Crippen LogP contribution is -3.15. The molecule has 0 unspecified atom stereocenters. The van der Waals surface area contributed by atoms with Crippen LogP contribution < -0.4 is 15.0 Å². The van der Waals surface area contributed by atoms with Crippen LogP contribution in [0.2, 0.25) is 0 Å². The van der Waals surface area contributed by atoms with Crippen molar-refractivity contribution in [2.24, 2.45) is 0 Å². The highest BCUT2D eigenvalue weighted by atomic mass is 16.5. The van der Waals surface area contributed by atoms with Gasteiger partial charge in [-0.15, -0.1) is 0 Å². The highest BCUT2D eigenvalue weighted by Gasteiger charge is 2.26. The molecular formula is C23H30N3O3+. The normalized spacial score (nSPS) is 14.5. The largest absolute Gasteiger partial charge is 0.496 e. The maximum absolute atomic E-state index is 12.8. The van der Waals surface area contributed by atoms with Crippen molar-refractivity contribution in [2.75, 3.05) is 45.2 Å². The minimum atomic E-state index is 0.0173. The zero-order valence-electron chi connectivity index (χ0n) is 17.5. The number of methoxy groups -OCH3 is 1. The molecule has 6 nitrogen and oxygen atoms in total. The summed E-state index contributed by atoms with van der Waals surface area (Å²) in [6.45, 7) is 7.26. The minimum Gasteiger partial charge on any atom is -0.496 e. The Morgan fingerprint density at radius 2 is 1.86 bits per heavy atom. The lowest BCUT2D eigenvalue weighted by Gasteiger charge is -2.32. The predicted molar refractivity (Wildman–Crippen MR) is 114 cm³/mol. The number of piperazine rings is 1. The van der Waals surface area contributed by atoms with Gasteiger partial charge >= 0.3 is 0 Å². The van der Waals surface area contributed by atoms with Crippen molar-refractivity contribution in [3.05, 3.63) is 59.2 Å². The van der Waals surface area contributed by atoms with Gasteiger partial charge in [-0.25, -0.2) is 0 Å². The van der Waals surface area contributed by atoms with Gasteiger partial charge in [0, 0.05) is 11.3 Å². The van der Waals surface area contributed by atoms with Gasteiger partial charge in [-0.2, -0.15) is 0 Å². The number of nitrogens with one attached hydrogen (secondary N) is 2. The van der Waals surface area contributed by atoms with E-state index in [1.807, 2.05) is 48.2 Å². The van der Waals surface area contributed by atoms with E-state index in [1.165, 1.54) is 4.90 Å². The Balaban J connectivity index is 1.52. The minimum absolute atomic E-state index is 0.0173. The number of rotatable bonds is 6. The fraction of sp³-hybridized carbons (Fsp3) is 0.391. The molecule has 0 radical (unpaired) electrons. The Bertz CT molecular complexity index is 873. The van der Waals surface area contributed by atoms with E-state index in [9.17, 15) is 9.59 Å². The van der Waals surface area contributed by atoms with Crippen molar-refractivity contribution in [2.45, 2.75) is 20.3 Å². The van der Waals surface area contributed by atoms with Crippen molar-refractivity contribution in [1.29, 1.82) is 0 Å². The zero-order valence-corrected chi connectivity index (χ0v) is 17.5. The monoisotopic (exact) mass is 396 g/mol. The summed E-state index contributed by atoms with van der Waals surface area (Å²) in [4.78, 5) is 28.3. The number of aryl methyl sites for hydroxylation is 2. The van der Waals surface area contributed by atoms with E-state index in [4.69, 9.17) is 4.74 Å². The van der Waals surface area contributed by atoms with Gasteiger partial charge in [-0.05, 0) is 42.7 Å². The molecule has 0 bridgehead atoms. The number of carbonyl (C=O) groups excluding carboxylic acids is 2. The molecule has 2 aromatic rings. The van der Waals surface area contributed by atoms with Crippen LogP contribution in [0.5, 0.6) is 5.75 Å². The zero-order chi connectivity index (χ0) is 20.8. The molecule has 1 aliphatic heterocycles. The molecule has 2 aromatic carbocycles. The number of para-hydroxylation sites is 1. The number of amides is 2.